The zero-order valence-electron chi connectivity index (χ0n) is 17.4. The van der Waals surface area contributed by atoms with E-state index in [0.717, 1.165) is 12.8 Å². The number of hydrogen-bond donors (Lipinski definition) is 0. The first-order valence-electron chi connectivity index (χ1n) is 11.0. The number of unbranched alkanes of at least 4 members (excludes halogenated alkanes) is 14. The van der Waals surface area contributed by atoms with Crippen LogP contribution in [0.4, 0.5) is 0 Å². The molecule has 0 aliphatic carbocycles. The summed E-state index contributed by atoms with van der Waals surface area (Å²) in [7, 11) is 0. The fourth-order valence-electron chi connectivity index (χ4n) is 3.01. The summed E-state index contributed by atoms with van der Waals surface area (Å²) in [4.78, 5) is 11.5. The Labute approximate surface area is 157 Å². The van der Waals surface area contributed by atoms with Gasteiger partial charge in [-0.05, 0) is 26.3 Å². The van der Waals surface area contributed by atoms with E-state index in [-0.39, 0.29) is 5.97 Å². The van der Waals surface area contributed by atoms with Gasteiger partial charge in [-0.1, -0.05) is 102 Å². The van der Waals surface area contributed by atoms with Gasteiger partial charge in [0.05, 0.1) is 0 Å². The highest BCUT2D eigenvalue weighted by atomic mass is 16.5. The lowest BCUT2D eigenvalue weighted by atomic mass is 10.0. The molecule has 25 heavy (non-hydrogen) atoms. The molecule has 0 aliphatic rings. The topological polar surface area (TPSA) is 26.3 Å². The van der Waals surface area contributed by atoms with Crippen LogP contribution >= 0.6 is 0 Å². The predicted molar refractivity (Wildman–Crippen MR) is 110 cm³/mol. The lowest BCUT2D eigenvalue weighted by molar-refractivity contribution is -0.142. The van der Waals surface area contributed by atoms with E-state index in [1.165, 1.54) is 89.0 Å². The molecule has 0 aromatic heterocycles. The average Bonchev–Trinajstić information content (AvgIpc) is 2.58. The summed E-state index contributed by atoms with van der Waals surface area (Å²) in [6.45, 7) is 6.74. The maximum atomic E-state index is 11.5. The van der Waals surface area contributed by atoms with Crippen LogP contribution < -0.4 is 0 Å². The monoisotopic (exact) mass is 352 g/mol. The van der Waals surface area contributed by atoms with Crippen molar-refractivity contribution in [2.45, 2.75) is 124 Å². The Morgan fingerprint density at radius 1 is 0.680 bits per heavy atom. The van der Waals surface area contributed by atoms with Crippen molar-refractivity contribution in [2.75, 3.05) is 6.61 Å². The molecule has 148 valence electrons. The minimum atomic E-state index is -0.0489. The third-order valence-electron chi connectivity index (χ3n) is 4.72. The zero-order chi connectivity index (χ0) is 18.6. The predicted octanol–water partition coefficient (Wildman–Crippen LogP) is 7.76. The smallest absolute Gasteiger partial charge is 0.306 e. The van der Waals surface area contributed by atoms with Crippen LogP contribution in [0.3, 0.4) is 0 Å². The van der Waals surface area contributed by atoms with Gasteiger partial charge in [-0.2, -0.15) is 0 Å². The summed E-state index contributed by atoms with van der Waals surface area (Å²) in [5, 5.41) is 0. The van der Waals surface area contributed by atoms with E-state index in [2.05, 4.69) is 6.92 Å². The average molecular weight is 353 g/mol. The fraction of sp³-hybridized carbons (Fsp3) is 0.870. The van der Waals surface area contributed by atoms with E-state index in [9.17, 15) is 4.79 Å². The number of carbonyl (C=O) groups is 1. The number of ether oxygens (including phenoxy) is 1. The second kappa shape index (κ2) is 19.5. The third-order valence-corrected chi connectivity index (χ3v) is 4.72. The number of rotatable bonds is 18. The van der Waals surface area contributed by atoms with E-state index in [1.807, 2.05) is 19.9 Å². The molecular formula is C23H44O2. The summed E-state index contributed by atoms with van der Waals surface area (Å²) in [6, 6.07) is 0. The Balaban J connectivity index is 3.14. The molecule has 0 fully saturated rings. The van der Waals surface area contributed by atoms with Crippen molar-refractivity contribution in [3.05, 3.63) is 11.6 Å². The van der Waals surface area contributed by atoms with Crippen LogP contribution in [-0.4, -0.2) is 12.6 Å². The molecule has 0 aromatic carbocycles. The van der Waals surface area contributed by atoms with Crippen molar-refractivity contribution in [3.8, 4) is 0 Å². The standard InChI is InChI=1S/C23H44O2/c1-4-5-6-7-8-9-10-11-12-13-14-15-16-17-18-19-23(24)25-21-20-22(2)3/h20H,4-19,21H2,1-3H3. The van der Waals surface area contributed by atoms with Crippen LogP contribution in [0.1, 0.15) is 124 Å². The van der Waals surface area contributed by atoms with Gasteiger partial charge in [0.2, 0.25) is 0 Å². The summed E-state index contributed by atoms with van der Waals surface area (Å²) in [5.74, 6) is -0.0489. The van der Waals surface area contributed by atoms with Gasteiger partial charge in [0, 0.05) is 6.42 Å². The maximum absolute atomic E-state index is 11.5. The summed E-state index contributed by atoms with van der Waals surface area (Å²) in [6.07, 6.45) is 22.8. The second-order valence-corrected chi connectivity index (χ2v) is 7.66. The van der Waals surface area contributed by atoms with Crippen molar-refractivity contribution in [1.29, 1.82) is 0 Å². The molecule has 0 saturated heterocycles. The SMILES string of the molecule is CCCCCCCCCCCCCCCCCC(=O)OCC=C(C)C. The van der Waals surface area contributed by atoms with Crippen LogP contribution in [0.5, 0.6) is 0 Å². The van der Waals surface area contributed by atoms with Gasteiger partial charge in [0.15, 0.2) is 0 Å². The highest BCUT2D eigenvalue weighted by Crippen LogP contribution is 2.13. The lowest BCUT2D eigenvalue weighted by Gasteiger charge is -2.04. The fourth-order valence-corrected chi connectivity index (χ4v) is 3.01. The Bertz CT molecular complexity index is 316. The van der Waals surface area contributed by atoms with E-state index in [0.29, 0.717) is 13.0 Å². The van der Waals surface area contributed by atoms with E-state index in [4.69, 9.17) is 4.74 Å². The van der Waals surface area contributed by atoms with Crippen LogP contribution in [0.2, 0.25) is 0 Å². The van der Waals surface area contributed by atoms with Crippen LogP contribution in [-0.2, 0) is 9.53 Å². The van der Waals surface area contributed by atoms with Gasteiger partial charge in [0.1, 0.15) is 6.61 Å². The lowest BCUT2D eigenvalue weighted by Crippen LogP contribution is -2.04. The van der Waals surface area contributed by atoms with E-state index in [1.54, 1.807) is 0 Å². The highest BCUT2D eigenvalue weighted by Gasteiger charge is 2.01. The summed E-state index contributed by atoms with van der Waals surface area (Å²) >= 11 is 0. The molecule has 0 rings (SSSR count). The minimum Gasteiger partial charge on any atom is -0.461 e. The van der Waals surface area contributed by atoms with Crippen molar-refractivity contribution >= 4 is 5.97 Å². The number of hydrogen-bond acceptors (Lipinski definition) is 2. The molecule has 0 saturated carbocycles. The molecule has 0 aromatic rings. The quantitative estimate of drug-likeness (QED) is 0.143. The first-order valence-corrected chi connectivity index (χ1v) is 11.0. The third kappa shape index (κ3) is 21.2. The van der Waals surface area contributed by atoms with Crippen LogP contribution in [0.25, 0.3) is 0 Å². The van der Waals surface area contributed by atoms with E-state index < -0.39 is 0 Å². The van der Waals surface area contributed by atoms with Gasteiger partial charge in [0.25, 0.3) is 0 Å². The first-order chi connectivity index (χ1) is 12.2. The number of esters is 1. The maximum Gasteiger partial charge on any atom is 0.306 e. The molecule has 2 heteroatoms. The van der Waals surface area contributed by atoms with Crippen molar-refractivity contribution in [2.24, 2.45) is 0 Å². The zero-order valence-corrected chi connectivity index (χ0v) is 17.4. The van der Waals surface area contributed by atoms with Gasteiger partial charge in [-0.15, -0.1) is 0 Å². The number of allylic oxidation sites excluding steroid dienone is 1. The second-order valence-electron chi connectivity index (χ2n) is 7.66. The normalized spacial score (nSPS) is 10.7. The molecular weight excluding hydrogens is 308 g/mol. The molecule has 2 nitrogen and oxygen atoms in total. The molecule has 0 heterocycles. The molecule has 0 bridgehead atoms. The van der Waals surface area contributed by atoms with Gasteiger partial charge < -0.3 is 4.74 Å². The van der Waals surface area contributed by atoms with Crippen molar-refractivity contribution in [3.63, 3.8) is 0 Å². The van der Waals surface area contributed by atoms with Crippen LogP contribution in [0.15, 0.2) is 11.6 Å². The molecule has 0 unspecified atom stereocenters. The van der Waals surface area contributed by atoms with Crippen LogP contribution in [0, 0.1) is 0 Å². The Morgan fingerprint density at radius 3 is 1.48 bits per heavy atom. The molecule has 0 atom stereocenters. The molecule has 0 amide bonds. The van der Waals surface area contributed by atoms with Gasteiger partial charge >= 0.3 is 5.97 Å². The molecule has 0 spiro atoms. The van der Waals surface area contributed by atoms with Gasteiger partial charge in [-0.25, -0.2) is 0 Å². The van der Waals surface area contributed by atoms with E-state index >= 15 is 0 Å². The largest absolute Gasteiger partial charge is 0.461 e. The molecule has 0 N–H and O–H groups in total. The van der Waals surface area contributed by atoms with Crippen molar-refractivity contribution in [1.82, 2.24) is 0 Å². The Kier molecular flexibility index (Phi) is 18.9. The summed E-state index contributed by atoms with van der Waals surface area (Å²) in [5.41, 5.74) is 1.19. The Hall–Kier alpha value is -0.790. The molecule has 0 radical (unpaired) electrons. The number of carbonyl (C=O) groups excluding carboxylic acids is 1. The first kappa shape index (κ1) is 24.2. The molecule has 0 aliphatic heterocycles. The highest BCUT2D eigenvalue weighted by molar-refractivity contribution is 5.69. The van der Waals surface area contributed by atoms with Crippen molar-refractivity contribution < 1.29 is 9.53 Å². The Morgan fingerprint density at radius 2 is 1.08 bits per heavy atom. The van der Waals surface area contributed by atoms with Gasteiger partial charge in [-0.3, -0.25) is 4.79 Å². The minimum absolute atomic E-state index is 0.0489. The summed E-state index contributed by atoms with van der Waals surface area (Å²) < 4.78 is 5.16.